The SMILES string of the molecule is CC(=CCCO)C(=O)OCC(C)O. The molecule has 0 amide bonds. The number of carbonyl (C=O) groups excluding carboxylic acids is 1. The molecule has 0 fully saturated rings. The summed E-state index contributed by atoms with van der Waals surface area (Å²) < 4.78 is 4.72. The molecule has 0 aromatic heterocycles. The van der Waals surface area contributed by atoms with Crippen molar-refractivity contribution in [3.8, 4) is 0 Å². The average Bonchev–Trinajstić information content (AvgIpc) is 2.10. The van der Waals surface area contributed by atoms with Crippen LogP contribution in [0.25, 0.3) is 0 Å². The van der Waals surface area contributed by atoms with Gasteiger partial charge in [-0.2, -0.15) is 0 Å². The third-order valence-corrected chi connectivity index (χ3v) is 1.36. The first-order valence-corrected chi connectivity index (χ1v) is 4.20. The molecule has 13 heavy (non-hydrogen) atoms. The van der Waals surface area contributed by atoms with E-state index in [1.54, 1.807) is 19.9 Å². The molecular formula is C9H16O4. The van der Waals surface area contributed by atoms with E-state index >= 15 is 0 Å². The van der Waals surface area contributed by atoms with Crippen LogP contribution in [0.5, 0.6) is 0 Å². The molecular weight excluding hydrogens is 172 g/mol. The number of aliphatic hydroxyl groups excluding tert-OH is 2. The van der Waals surface area contributed by atoms with E-state index in [1.807, 2.05) is 0 Å². The van der Waals surface area contributed by atoms with Crippen LogP contribution < -0.4 is 0 Å². The largest absolute Gasteiger partial charge is 0.460 e. The zero-order valence-corrected chi connectivity index (χ0v) is 7.99. The van der Waals surface area contributed by atoms with Crippen molar-refractivity contribution in [2.24, 2.45) is 0 Å². The summed E-state index contributed by atoms with van der Waals surface area (Å²) >= 11 is 0. The lowest BCUT2D eigenvalue weighted by atomic mass is 10.2. The van der Waals surface area contributed by atoms with E-state index in [0.29, 0.717) is 12.0 Å². The molecule has 0 saturated heterocycles. The monoisotopic (exact) mass is 188 g/mol. The first-order valence-electron chi connectivity index (χ1n) is 4.20. The Hall–Kier alpha value is -0.870. The minimum atomic E-state index is -0.644. The van der Waals surface area contributed by atoms with Gasteiger partial charge in [0.1, 0.15) is 6.61 Å². The quantitative estimate of drug-likeness (QED) is 0.479. The van der Waals surface area contributed by atoms with E-state index in [1.165, 1.54) is 0 Å². The Morgan fingerprint density at radius 3 is 2.69 bits per heavy atom. The highest BCUT2D eigenvalue weighted by molar-refractivity contribution is 5.87. The van der Waals surface area contributed by atoms with Crippen molar-refractivity contribution in [2.45, 2.75) is 26.4 Å². The topological polar surface area (TPSA) is 66.8 Å². The highest BCUT2D eigenvalue weighted by Crippen LogP contribution is 1.99. The van der Waals surface area contributed by atoms with Crippen molar-refractivity contribution in [1.29, 1.82) is 0 Å². The third-order valence-electron chi connectivity index (χ3n) is 1.36. The molecule has 0 bridgehead atoms. The van der Waals surface area contributed by atoms with Gasteiger partial charge >= 0.3 is 5.97 Å². The Labute approximate surface area is 77.8 Å². The zero-order valence-electron chi connectivity index (χ0n) is 7.99. The minimum absolute atomic E-state index is 0.00311. The second-order valence-electron chi connectivity index (χ2n) is 2.85. The van der Waals surface area contributed by atoms with Gasteiger partial charge in [-0.3, -0.25) is 0 Å². The molecule has 0 aliphatic carbocycles. The molecule has 0 rings (SSSR count). The van der Waals surface area contributed by atoms with E-state index in [4.69, 9.17) is 14.9 Å². The first-order chi connectivity index (χ1) is 6.07. The van der Waals surface area contributed by atoms with E-state index in [0.717, 1.165) is 0 Å². The summed E-state index contributed by atoms with van der Waals surface area (Å²) in [5.74, 6) is -0.450. The van der Waals surface area contributed by atoms with E-state index < -0.39 is 12.1 Å². The van der Waals surface area contributed by atoms with Crippen molar-refractivity contribution in [1.82, 2.24) is 0 Å². The number of esters is 1. The molecule has 0 aromatic carbocycles. The molecule has 0 aliphatic rings. The van der Waals surface area contributed by atoms with Gasteiger partial charge in [0, 0.05) is 12.2 Å². The predicted octanol–water partition coefficient (Wildman–Crippen LogP) is 0.239. The van der Waals surface area contributed by atoms with Gasteiger partial charge in [0.2, 0.25) is 0 Å². The Balaban J connectivity index is 3.82. The van der Waals surface area contributed by atoms with Crippen LogP contribution in [0.3, 0.4) is 0 Å². The third kappa shape index (κ3) is 6.31. The van der Waals surface area contributed by atoms with Crippen molar-refractivity contribution < 1.29 is 19.7 Å². The zero-order chi connectivity index (χ0) is 10.3. The van der Waals surface area contributed by atoms with Crippen LogP contribution in [0.4, 0.5) is 0 Å². The molecule has 2 N–H and O–H groups in total. The number of hydrogen-bond acceptors (Lipinski definition) is 4. The van der Waals surface area contributed by atoms with E-state index in [2.05, 4.69) is 0 Å². The van der Waals surface area contributed by atoms with Crippen LogP contribution in [-0.4, -0.2) is 35.5 Å². The van der Waals surface area contributed by atoms with Crippen LogP contribution in [0.15, 0.2) is 11.6 Å². The standard InChI is InChI=1S/C9H16O4/c1-7(4-3-5-10)9(12)13-6-8(2)11/h4,8,10-11H,3,5-6H2,1-2H3. The fourth-order valence-electron chi connectivity index (χ4n) is 0.675. The van der Waals surface area contributed by atoms with Gasteiger partial charge in [0.05, 0.1) is 6.10 Å². The fourth-order valence-corrected chi connectivity index (χ4v) is 0.675. The van der Waals surface area contributed by atoms with Crippen molar-refractivity contribution >= 4 is 5.97 Å². The lowest BCUT2D eigenvalue weighted by Crippen LogP contribution is -2.15. The number of carbonyl (C=O) groups is 1. The van der Waals surface area contributed by atoms with Crippen LogP contribution >= 0.6 is 0 Å². The lowest BCUT2D eigenvalue weighted by molar-refractivity contribution is -0.141. The average molecular weight is 188 g/mol. The number of rotatable bonds is 5. The van der Waals surface area contributed by atoms with E-state index in [-0.39, 0.29) is 13.2 Å². The maximum absolute atomic E-state index is 11.1. The summed E-state index contributed by atoms with van der Waals surface area (Å²) in [7, 11) is 0. The molecule has 0 spiro atoms. The summed E-state index contributed by atoms with van der Waals surface area (Å²) in [4.78, 5) is 11.1. The molecule has 0 saturated carbocycles. The van der Waals surface area contributed by atoms with Crippen molar-refractivity contribution in [3.05, 3.63) is 11.6 Å². The second-order valence-corrected chi connectivity index (χ2v) is 2.85. The summed E-state index contributed by atoms with van der Waals surface area (Å²) in [5.41, 5.74) is 0.453. The maximum atomic E-state index is 11.1. The fraction of sp³-hybridized carbons (Fsp3) is 0.667. The van der Waals surface area contributed by atoms with Gasteiger partial charge in [-0.05, 0) is 20.3 Å². The lowest BCUT2D eigenvalue weighted by Gasteiger charge is -2.06. The van der Waals surface area contributed by atoms with Gasteiger partial charge in [0.15, 0.2) is 0 Å². The first kappa shape index (κ1) is 12.1. The maximum Gasteiger partial charge on any atom is 0.333 e. The summed E-state index contributed by atoms with van der Waals surface area (Å²) in [5, 5.41) is 17.3. The Morgan fingerprint density at radius 2 is 2.23 bits per heavy atom. The molecule has 4 heteroatoms. The van der Waals surface area contributed by atoms with Gasteiger partial charge in [-0.1, -0.05) is 6.08 Å². The van der Waals surface area contributed by atoms with Gasteiger partial charge in [-0.15, -0.1) is 0 Å². The second kappa shape index (κ2) is 6.62. The van der Waals surface area contributed by atoms with Crippen LogP contribution in [0, 0.1) is 0 Å². The number of hydrogen-bond donors (Lipinski definition) is 2. The summed E-state index contributed by atoms with van der Waals surface area (Å²) in [6, 6.07) is 0. The number of ether oxygens (including phenoxy) is 1. The molecule has 0 aromatic rings. The molecule has 4 nitrogen and oxygen atoms in total. The van der Waals surface area contributed by atoms with Gasteiger partial charge in [0.25, 0.3) is 0 Å². The van der Waals surface area contributed by atoms with Crippen LogP contribution in [-0.2, 0) is 9.53 Å². The Morgan fingerprint density at radius 1 is 1.62 bits per heavy atom. The summed E-state index contributed by atoms with van der Waals surface area (Å²) in [6.45, 7) is 3.17. The smallest absolute Gasteiger partial charge is 0.333 e. The van der Waals surface area contributed by atoms with Gasteiger partial charge in [-0.25, -0.2) is 4.79 Å². The predicted molar refractivity (Wildman–Crippen MR) is 48.1 cm³/mol. The highest BCUT2D eigenvalue weighted by atomic mass is 16.5. The van der Waals surface area contributed by atoms with Crippen LogP contribution in [0.2, 0.25) is 0 Å². The highest BCUT2D eigenvalue weighted by Gasteiger charge is 2.06. The molecule has 0 heterocycles. The van der Waals surface area contributed by atoms with Crippen molar-refractivity contribution in [3.63, 3.8) is 0 Å². The van der Waals surface area contributed by atoms with E-state index in [9.17, 15) is 4.79 Å². The van der Waals surface area contributed by atoms with Crippen molar-refractivity contribution in [2.75, 3.05) is 13.2 Å². The molecule has 76 valence electrons. The van der Waals surface area contributed by atoms with Gasteiger partial charge < -0.3 is 14.9 Å². The number of aliphatic hydroxyl groups is 2. The van der Waals surface area contributed by atoms with Crippen LogP contribution in [0.1, 0.15) is 20.3 Å². The Kier molecular flexibility index (Phi) is 6.18. The summed E-state index contributed by atoms with van der Waals surface area (Å²) in [6.07, 6.45) is 1.40. The molecule has 0 aliphatic heterocycles. The molecule has 1 atom stereocenters. The normalized spacial score (nSPS) is 14.0. The molecule has 0 radical (unpaired) electrons. The Bertz CT molecular complexity index is 184. The minimum Gasteiger partial charge on any atom is -0.460 e. The molecule has 1 unspecified atom stereocenters.